The van der Waals surface area contributed by atoms with Gasteiger partial charge in [0.1, 0.15) is 5.76 Å². The van der Waals surface area contributed by atoms with Crippen molar-refractivity contribution < 1.29 is 4.42 Å². The van der Waals surface area contributed by atoms with Crippen LogP contribution in [-0.2, 0) is 13.0 Å². The van der Waals surface area contributed by atoms with Crippen LogP contribution in [0.5, 0.6) is 0 Å². The van der Waals surface area contributed by atoms with Gasteiger partial charge in [-0.05, 0) is 29.8 Å². The van der Waals surface area contributed by atoms with Crippen LogP contribution in [0.1, 0.15) is 11.3 Å². The van der Waals surface area contributed by atoms with Gasteiger partial charge >= 0.3 is 0 Å². The summed E-state index contributed by atoms with van der Waals surface area (Å²) in [5.74, 6) is 1.01. The smallest absolute Gasteiger partial charge is 0.105 e. The summed E-state index contributed by atoms with van der Waals surface area (Å²) in [7, 11) is 0. The Balaban J connectivity index is 1.72. The maximum Gasteiger partial charge on any atom is 0.105 e. The lowest BCUT2D eigenvalue weighted by atomic mass is 10.2. The van der Waals surface area contributed by atoms with Gasteiger partial charge in [0.2, 0.25) is 0 Å². The molecule has 0 spiro atoms. The van der Waals surface area contributed by atoms with Gasteiger partial charge < -0.3 is 15.5 Å². The van der Waals surface area contributed by atoms with Gasteiger partial charge in [-0.1, -0.05) is 12.1 Å². The molecule has 2 rings (SSSR count). The van der Waals surface area contributed by atoms with Crippen LogP contribution >= 0.6 is 0 Å². The Hall–Kier alpha value is -1.74. The molecule has 3 nitrogen and oxygen atoms in total. The fraction of sp³-hybridized carbons (Fsp3) is 0.231. The molecule has 0 aliphatic heterocycles. The third-order valence-corrected chi connectivity index (χ3v) is 2.41. The average Bonchev–Trinajstić information content (AvgIpc) is 2.77. The van der Waals surface area contributed by atoms with E-state index in [4.69, 9.17) is 10.2 Å². The van der Waals surface area contributed by atoms with Crippen LogP contribution in [-0.4, -0.2) is 6.54 Å². The summed E-state index contributed by atoms with van der Waals surface area (Å²) in [5.41, 5.74) is 7.72. The van der Waals surface area contributed by atoms with Gasteiger partial charge in [-0.15, -0.1) is 0 Å². The molecule has 0 unspecified atom stereocenters. The van der Waals surface area contributed by atoms with Crippen molar-refractivity contribution in [3.63, 3.8) is 0 Å². The molecule has 0 aliphatic carbocycles. The van der Waals surface area contributed by atoms with Crippen molar-refractivity contribution >= 4 is 5.69 Å². The van der Waals surface area contributed by atoms with E-state index in [1.54, 1.807) is 6.26 Å². The third-order valence-electron chi connectivity index (χ3n) is 2.41. The number of hydrogen-bond donors (Lipinski definition) is 2. The molecule has 1 aromatic heterocycles. The maximum atomic E-state index is 5.70. The minimum atomic E-state index is 0.810. The second kappa shape index (κ2) is 5.37. The highest BCUT2D eigenvalue weighted by Crippen LogP contribution is 2.06. The van der Waals surface area contributed by atoms with Crippen LogP contribution in [0, 0.1) is 0 Å². The zero-order valence-electron chi connectivity index (χ0n) is 9.15. The van der Waals surface area contributed by atoms with E-state index in [0.29, 0.717) is 0 Å². The molecule has 0 saturated carbocycles. The molecular weight excluding hydrogens is 200 g/mol. The molecular formula is C13H16N2O. The molecule has 16 heavy (non-hydrogen) atoms. The molecule has 0 fully saturated rings. The van der Waals surface area contributed by atoms with Crippen LogP contribution in [0.3, 0.4) is 0 Å². The number of hydrogen-bond acceptors (Lipinski definition) is 3. The summed E-state index contributed by atoms with van der Waals surface area (Å²) < 4.78 is 5.24. The summed E-state index contributed by atoms with van der Waals surface area (Å²) in [6.07, 6.45) is 2.61. The normalized spacial score (nSPS) is 10.5. The van der Waals surface area contributed by atoms with E-state index in [2.05, 4.69) is 11.4 Å². The molecule has 84 valence electrons. The summed E-state index contributed by atoms with van der Waals surface area (Å²) in [5, 5.41) is 3.35. The van der Waals surface area contributed by atoms with Crippen molar-refractivity contribution in [3.05, 3.63) is 54.0 Å². The third kappa shape index (κ3) is 3.14. The molecule has 1 aromatic carbocycles. The largest absolute Gasteiger partial charge is 0.469 e. The van der Waals surface area contributed by atoms with E-state index in [1.165, 1.54) is 5.56 Å². The number of anilines is 1. The Labute approximate surface area is 95.3 Å². The van der Waals surface area contributed by atoms with Gasteiger partial charge in [-0.3, -0.25) is 0 Å². The van der Waals surface area contributed by atoms with E-state index in [9.17, 15) is 0 Å². The van der Waals surface area contributed by atoms with Crippen LogP contribution in [0.25, 0.3) is 0 Å². The number of rotatable bonds is 5. The van der Waals surface area contributed by atoms with Crippen LogP contribution in [0.2, 0.25) is 0 Å². The quantitative estimate of drug-likeness (QED) is 0.595. The minimum Gasteiger partial charge on any atom is -0.469 e. The molecule has 0 aliphatic rings. The number of benzene rings is 1. The first-order valence-corrected chi connectivity index (χ1v) is 5.42. The van der Waals surface area contributed by atoms with Crippen molar-refractivity contribution in [2.75, 3.05) is 12.3 Å². The fourth-order valence-electron chi connectivity index (χ4n) is 1.60. The second-order valence-corrected chi connectivity index (χ2v) is 3.75. The number of nitrogen functional groups attached to an aromatic ring is 1. The van der Waals surface area contributed by atoms with Crippen molar-refractivity contribution in [1.82, 2.24) is 5.32 Å². The second-order valence-electron chi connectivity index (χ2n) is 3.75. The molecule has 1 heterocycles. The van der Waals surface area contributed by atoms with Gasteiger partial charge in [0.05, 0.1) is 6.26 Å². The van der Waals surface area contributed by atoms with Gasteiger partial charge in [0.15, 0.2) is 0 Å². The van der Waals surface area contributed by atoms with E-state index >= 15 is 0 Å². The SMILES string of the molecule is Nc1cccc(CNCCc2ccco2)c1. The Morgan fingerprint density at radius 1 is 1.19 bits per heavy atom. The Kier molecular flexibility index (Phi) is 3.62. The fourth-order valence-corrected chi connectivity index (χ4v) is 1.60. The van der Waals surface area contributed by atoms with Crippen molar-refractivity contribution in [1.29, 1.82) is 0 Å². The van der Waals surface area contributed by atoms with Gasteiger partial charge in [-0.2, -0.15) is 0 Å². The summed E-state index contributed by atoms with van der Waals surface area (Å²) in [6.45, 7) is 1.74. The highest BCUT2D eigenvalue weighted by molar-refractivity contribution is 5.40. The molecule has 0 amide bonds. The summed E-state index contributed by atoms with van der Waals surface area (Å²) >= 11 is 0. The van der Waals surface area contributed by atoms with Gasteiger partial charge in [0, 0.05) is 25.2 Å². The zero-order valence-corrected chi connectivity index (χ0v) is 9.15. The predicted octanol–water partition coefficient (Wildman–Crippen LogP) is 2.19. The molecule has 0 bridgehead atoms. The highest BCUT2D eigenvalue weighted by atomic mass is 16.3. The number of furan rings is 1. The van der Waals surface area contributed by atoms with Crippen LogP contribution in [0.4, 0.5) is 5.69 Å². The summed E-state index contributed by atoms with van der Waals surface area (Å²) in [4.78, 5) is 0. The lowest BCUT2D eigenvalue weighted by Crippen LogP contribution is -2.16. The Morgan fingerprint density at radius 2 is 2.12 bits per heavy atom. The van der Waals surface area contributed by atoms with Gasteiger partial charge in [0.25, 0.3) is 0 Å². The molecule has 3 N–H and O–H groups in total. The predicted molar refractivity (Wildman–Crippen MR) is 65.0 cm³/mol. The monoisotopic (exact) mass is 216 g/mol. The first kappa shape index (κ1) is 10.8. The Morgan fingerprint density at radius 3 is 2.88 bits per heavy atom. The first-order valence-electron chi connectivity index (χ1n) is 5.42. The van der Waals surface area contributed by atoms with Gasteiger partial charge in [-0.25, -0.2) is 0 Å². The minimum absolute atomic E-state index is 0.810. The van der Waals surface area contributed by atoms with E-state index in [1.807, 2.05) is 30.3 Å². The lowest BCUT2D eigenvalue weighted by Gasteiger charge is -2.04. The van der Waals surface area contributed by atoms with E-state index in [-0.39, 0.29) is 0 Å². The van der Waals surface area contributed by atoms with Crippen LogP contribution in [0.15, 0.2) is 47.1 Å². The molecule has 3 heteroatoms. The maximum absolute atomic E-state index is 5.70. The van der Waals surface area contributed by atoms with Crippen LogP contribution < -0.4 is 11.1 Å². The topological polar surface area (TPSA) is 51.2 Å². The molecule has 0 saturated heterocycles. The molecule has 0 atom stereocenters. The first-order chi connectivity index (χ1) is 7.84. The number of nitrogens with one attached hydrogen (secondary N) is 1. The van der Waals surface area contributed by atoms with Crippen molar-refractivity contribution in [3.8, 4) is 0 Å². The molecule has 0 radical (unpaired) electrons. The lowest BCUT2D eigenvalue weighted by molar-refractivity contribution is 0.499. The van der Waals surface area contributed by atoms with Crippen molar-refractivity contribution in [2.24, 2.45) is 0 Å². The summed E-state index contributed by atoms with van der Waals surface area (Å²) in [6, 6.07) is 11.8. The van der Waals surface area contributed by atoms with Crippen molar-refractivity contribution in [2.45, 2.75) is 13.0 Å². The Bertz CT molecular complexity index is 423. The number of nitrogens with two attached hydrogens (primary N) is 1. The standard InChI is InChI=1S/C13H16N2O/c14-12-4-1-3-11(9-12)10-15-7-6-13-5-2-8-16-13/h1-5,8-9,15H,6-7,10,14H2. The van der Waals surface area contributed by atoms with E-state index < -0.39 is 0 Å². The van der Waals surface area contributed by atoms with E-state index in [0.717, 1.165) is 31.0 Å². The molecule has 2 aromatic rings. The zero-order chi connectivity index (χ0) is 11.2. The average molecular weight is 216 g/mol. The highest BCUT2D eigenvalue weighted by Gasteiger charge is 1.96.